The molecule has 9 heteroatoms. The van der Waals surface area contributed by atoms with Gasteiger partial charge in [-0.15, -0.1) is 0 Å². The molecular formula is C21H17Cl2N5O2. The molecule has 0 saturated heterocycles. The molecule has 0 spiro atoms. The van der Waals surface area contributed by atoms with E-state index in [1.807, 2.05) is 30.5 Å². The molecule has 152 valence electrons. The van der Waals surface area contributed by atoms with E-state index >= 15 is 0 Å². The Morgan fingerprint density at radius 1 is 0.933 bits per heavy atom. The van der Waals surface area contributed by atoms with Crippen molar-refractivity contribution in [3.63, 3.8) is 0 Å². The first kappa shape index (κ1) is 20.0. The molecule has 0 aliphatic rings. The average molecular weight is 442 g/mol. The van der Waals surface area contributed by atoms with Gasteiger partial charge < -0.3 is 14.8 Å². The first-order valence-corrected chi connectivity index (χ1v) is 9.65. The molecule has 0 aliphatic carbocycles. The van der Waals surface area contributed by atoms with E-state index in [-0.39, 0.29) is 0 Å². The van der Waals surface area contributed by atoms with Crippen LogP contribution in [0.15, 0.2) is 61.1 Å². The van der Waals surface area contributed by atoms with Crippen LogP contribution >= 0.6 is 23.2 Å². The van der Waals surface area contributed by atoms with E-state index < -0.39 is 0 Å². The second-order valence-corrected chi connectivity index (χ2v) is 7.08. The first-order valence-electron chi connectivity index (χ1n) is 8.89. The van der Waals surface area contributed by atoms with E-state index in [2.05, 4.69) is 20.4 Å². The fourth-order valence-electron chi connectivity index (χ4n) is 2.81. The van der Waals surface area contributed by atoms with Crippen LogP contribution in [0.5, 0.6) is 11.5 Å². The Labute approximate surface area is 183 Å². The number of rotatable bonds is 6. The Morgan fingerprint density at radius 2 is 1.70 bits per heavy atom. The standard InChI is InChI=1S/C21H17Cl2N5O2/c1-29-16-7-14(8-17(10-16)30-2)26-21-24-6-5-20(27-21)13-11-25-28(12-13)15-3-4-18(22)19(23)9-15/h3-12H,1-2H3,(H,24,26,27). The van der Waals surface area contributed by atoms with Crippen LogP contribution in [0, 0.1) is 0 Å². The maximum absolute atomic E-state index is 6.11. The molecule has 0 unspecified atom stereocenters. The number of anilines is 2. The molecule has 2 heterocycles. The van der Waals surface area contributed by atoms with Crippen LogP contribution in [0.4, 0.5) is 11.6 Å². The van der Waals surface area contributed by atoms with Crippen molar-refractivity contribution in [1.82, 2.24) is 19.7 Å². The summed E-state index contributed by atoms with van der Waals surface area (Å²) >= 11 is 12.1. The van der Waals surface area contributed by atoms with Gasteiger partial charge in [-0.05, 0) is 24.3 Å². The minimum atomic E-state index is 0.435. The van der Waals surface area contributed by atoms with Crippen LogP contribution in [0.2, 0.25) is 10.0 Å². The van der Waals surface area contributed by atoms with Crippen molar-refractivity contribution in [3.8, 4) is 28.4 Å². The van der Waals surface area contributed by atoms with E-state index in [0.29, 0.717) is 33.2 Å². The number of hydrogen-bond acceptors (Lipinski definition) is 6. The van der Waals surface area contributed by atoms with Gasteiger partial charge >= 0.3 is 0 Å². The maximum atomic E-state index is 6.11. The summed E-state index contributed by atoms with van der Waals surface area (Å²) < 4.78 is 12.3. The monoisotopic (exact) mass is 441 g/mol. The summed E-state index contributed by atoms with van der Waals surface area (Å²) in [6.45, 7) is 0. The Balaban J connectivity index is 1.60. The average Bonchev–Trinajstić information content (AvgIpc) is 3.26. The SMILES string of the molecule is COc1cc(Nc2nccc(-c3cnn(-c4ccc(Cl)c(Cl)c4)c3)n2)cc(OC)c1. The minimum Gasteiger partial charge on any atom is -0.497 e. The smallest absolute Gasteiger partial charge is 0.227 e. The Kier molecular flexibility index (Phi) is 5.74. The first-order chi connectivity index (χ1) is 14.6. The fraction of sp³-hybridized carbons (Fsp3) is 0.0952. The number of benzene rings is 2. The van der Waals surface area contributed by atoms with Crippen LogP contribution in [0.1, 0.15) is 0 Å². The number of aromatic nitrogens is 4. The molecule has 2 aromatic heterocycles. The van der Waals surface area contributed by atoms with Gasteiger partial charge in [0.1, 0.15) is 11.5 Å². The van der Waals surface area contributed by atoms with E-state index in [1.165, 1.54) is 0 Å². The van der Waals surface area contributed by atoms with Gasteiger partial charge in [-0.25, -0.2) is 14.6 Å². The highest BCUT2D eigenvalue weighted by Crippen LogP contribution is 2.28. The third kappa shape index (κ3) is 4.32. The van der Waals surface area contributed by atoms with E-state index in [0.717, 1.165) is 16.9 Å². The highest BCUT2D eigenvalue weighted by molar-refractivity contribution is 6.42. The van der Waals surface area contributed by atoms with Crippen molar-refractivity contribution in [2.75, 3.05) is 19.5 Å². The molecule has 0 fully saturated rings. The second kappa shape index (κ2) is 8.61. The van der Waals surface area contributed by atoms with Gasteiger partial charge in [-0.1, -0.05) is 23.2 Å². The van der Waals surface area contributed by atoms with Gasteiger partial charge in [0.05, 0.1) is 41.8 Å². The van der Waals surface area contributed by atoms with Crippen LogP contribution in [-0.2, 0) is 0 Å². The summed E-state index contributed by atoms with van der Waals surface area (Å²) in [6, 6.07) is 12.6. The van der Waals surface area contributed by atoms with E-state index in [9.17, 15) is 0 Å². The molecule has 4 aromatic rings. The molecule has 0 amide bonds. The van der Waals surface area contributed by atoms with Crippen molar-refractivity contribution in [1.29, 1.82) is 0 Å². The summed E-state index contributed by atoms with van der Waals surface area (Å²) in [4.78, 5) is 8.88. The van der Waals surface area contributed by atoms with Gasteiger partial charge in [0.2, 0.25) is 5.95 Å². The molecule has 0 bridgehead atoms. The lowest BCUT2D eigenvalue weighted by atomic mass is 10.2. The largest absolute Gasteiger partial charge is 0.497 e. The zero-order valence-corrected chi connectivity index (χ0v) is 17.6. The van der Waals surface area contributed by atoms with E-state index in [1.54, 1.807) is 49.5 Å². The van der Waals surface area contributed by atoms with Crippen molar-refractivity contribution in [3.05, 3.63) is 71.1 Å². The Hall–Kier alpha value is -3.29. The number of nitrogens with zero attached hydrogens (tertiary/aromatic N) is 4. The number of halogens is 2. The van der Waals surface area contributed by atoms with Gasteiger partial charge in [0.15, 0.2) is 0 Å². The highest BCUT2D eigenvalue weighted by atomic mass is 35.5. The van der Waals surface area contributed by atoms with Crippen molar-refractivity contribution in [2.24, 2.45) is 0 Å². The summed E-state index contributed by atoms with van der Waals surface area (Å²) in [5.74, 6) is 1.76. The van der Waals surface area contributed by atoms with Gasteiger partial charge in [-0.3, -0.25) is 0 Å². The number of ether oxygens (including phenoxy) is 2. The van der Waals surface area contributed by atoms with Gasteiger partial charge in [0.25, 0.3) is 0 Å². The van der Waals surface area contributed by atoms with Gasteiger partial charge in [0, 0.05) is 41.8 Å². The number of hydrogen-bond donors (Lipinski definition) is 1. The Morgan fingerprint density at radius 3 is 2.40 bits per heavy atom. The number of methoxy groups -OCH3 is 2. The lowest BCUT2D eigenvalue weighted by Crippen LogP contribution is -1.99. The van der Waals surface area contributed by atoms with Gasteiger partial charge in [-0.2, -0.15) is 5.10 Å². The molecule has 30 heavy (non-hydrogen) atoms. The molecule has 7 nitrogen and oxygen atoms in total. The maximum Gasteiger partial charge on any atom is 0.227 e. The van der Waals surface area contributed by atoms with Crippen LogP contribution in [0.25, 0.3) is 16.9 Å². The topological polar surface area (TPSA) is 74.1 Å². The highest BCUT2D eigenvalue weighted by Gasteiger charge is 2.09. The fourth-order valence-corrected chi connectivity index (χ4v) is 3.10. The summed E-state index contributed by atoms with van der Waals surface area (Å²) in [6.07, 6.45) is 5.27. The Bertz CT molecular complexity index is 1170. The lowest BCUT2D eigenvalue weighted by Gasteiger charge is -2.10. The molecular weight excluding hydrogens is 425 g/mol. The minimum absolute atomic E-state index is 0.435. The normalized spacial score (nSPS) is 10.7. The van der Waals surface area contributed by atoms with E-state index in [4.69, 9.17) is 32.7 Å². The van der Waals surface area contributed by atoms with Crippen LogP contribution < -0.4 is 14.8 Å². The molecule has 0 atom stereocenters. The molecule has 4 rings (SSSR count). The summed E-state index contributed by atoms with van der Waals surface area (Å²) in [7, 11) is 3.20. The summed E-state index contributed by atoms with van der Waals surface area (Å²) in [5.41, 5.74) is 3.09. The van der Waals surface area contributed by atoms with Crippen molar-refractivity contribution >= 4 is 34.8 Å². The predicted molar refractivity (Wildman–Crippen MR) is 117 cm³/mol. The molecule has 2 aromatic carbocycles. The molecule has 0 radical (unpaired) electrons. The lowest BCUT2D eigenvalue weighted by molar-refractivity contribution is 0.395. The summed E-state index contributed by atoms with van der Waals surface area (Å²) in [5, 5.41) is 8.53. The molecule has 0 saturated carbocycles. The van der Waals surface area contributed by atoms with Crippen LogP contribution in [-0.4, -0.2) is 34.0 Å². The quantitative estimate of drug-likeness (QED) is 0.431. The third-order valence-electron chi connectivity index (χ3n) is 4.31. The zero-order chi connectivity index (χ0) is 21.1. The zero-order valence-electron chi connectivity index (χ0n) is 16.1. The van der Waals surface area contributed by atoms with Crippen molar-refractivity contribution in [2.45, 2.75) is 0 Å². The molecule has 1 N–H and O–H groups in total. The molecule has 0 aliphatic heterocycles. The van der Waals surface area contributed by atoms with Crippen molar-refractivity contribution < 1.29 is 9.47 Å². The predicted octanol–water partition coefficient (Wildman–Crippen LogP) is 5.40. The third-order valence-corrected chi connectivity index (χ3v) is 5.05. The second-order valence-electron chi connectivity index (χ2n) is 6.26. The van der Waals surface area contributed by atoms with Crippen LogP contribution in [0.3, 0.4) is 0 Å². The number of nitrogens with one attached hydrogen (secondary N) is 1.